The monoisotopic (exact) mass is 413 g/mol. The number of rotatable bonds is 8. The van der Waals surface area contributed by atoms with Crippen LogP contribution in [-0.4, -0.2) is 24.9 Å². The van der Waals surface area contributed by atoms with E-state index in [4.69, 9.17) is 5.11 Å². The van der Waals surface area contributed by atoms with Gasteiger partial charge >= 0.3 is 0 Å². The quantitative estimate of drug-likeness (QED) is 0.686. The minimum Gasteiger partial charge on any atom is -0.396 e. The summed E-state index contributed by atoms with van der Waals surface area (Å²) in [5.74, 6) is -2.91. The number of nitrogens with one attached hydrogen (secondary N) is 1. The maximum absolute atomic E-state index is 14.5. The van der Waals surface area contributed by atoms with Gasteiger partial charge in [-0.1, -0.05) is 12.1 Å². The number of hydrogen-bond acceptors (Lipinski definition) is 3. The summed E-state index contributed by atoms with van der Waals surface area (Å²) in [6, 6.07) is 6.39. The summed E-state index contributed by atoms with van der Waals surface area (Å²) in [6.07, 6.45) is 1.20. The summed E-state index contributed by atoms with van der Waals surface area (Å²) in [7, 11) is -3.88. The summed E-state index contributed by atoms with van der Waals surface area (Å²) in [5.41, 5.74) is 0.469. The highest BCUT2D eigenvalue weighted by atomic mass is 32.2. The molecule has 2 aromatic carbocycles. The number of aliphatic hydroxyl groups excluding tert-OH is 1. The van der Waals surface area contributed by atoms with Crippen molar-refractivity contribution in [1.29, 1.82) is 0 Å². The van der Waals surface area contributed by atoms with E-state index in [-0.39, 0.29) is 36.3 Å². The van der Waals surface area contributed by atoms with Crippen LogP contribution in [0.3, 0.4) is 0 Å². The van der Waals surface area contributed by atoms with Crippen LogP contribution in [-0.2, 0) is 16.4 Å². The van der Waals surface area contributed by atoms with Gasteiger partial charge in [-0.2, -0.15) is 0 Å². The molecule has 8 heteroatoms. The molecule has 1 aliphatic rings. The molecule has 0 aromatic heterocycles. The van der Waals surface area contributed by atoms with Gasteiger partial charge in [0.2, 0.25) is 10.0 Å². The largest absolute Gasteiger partial charge is 0.396 e. The fraction of sp³-hybridized carbons (Fsp3) is 0.400. The molecule has 4 nitrogen and oxygen atoms in total. The third kappa shape index (κ3) is 4.03. The van der Waals surface area contributed by atoms with Crippen LogP contribution in [0.5, 0.6) is 0 Å². The highest BCUT2D eigenvalue weighted by Crippen LogP contribution is 2.48. The van der Waals surface area contributed by atoms with Crippen molar-refractivity contribution in [1.82, 2.24) is 0 Å². The Morgan fingerprint density at radius 1 is 1.11 bits per heavy atom. The second kappa shape index (κ2) is 7.75. The minimum atomic E-state index is -3.88. The number of aliphatic hydroxyl groups is 1. The first kappa shape index (κ1) is 20.7. The second-order valence-corrected chi connectivity index (χ2v) is 9.35. The number of hydrogen-bond donors (Lipinski definition) is 2. The van der Waals surface area contributed by atoms with Crippen molar-refractivity contribution in [3.63, 3.8) is 0 Å². The Kier molecular flexibility index (Phi) is 5.72. The molecule has 0 spiro atoms. The van der Waals surface area contributed by atoms with E-state index in [1.54, 1.807) is 13.0 Å². The molecule has 1 fully saturated rings. The molecule has 0 saturated heterocycles. The van der Waals surface area contributed by atoms with Gasteiger partial charge in [0.15, 0.2) is 11.6 Å². The number of anilines is 1. The lowest BCUT2D eigenvalue weighted by Gasteiger charge is -2.20. The first-order valence-corrected chi connectivity index (χ1v) is 10.5. The molecule has 0 bridgehead atoms. The smallest absolute Gasteiger partial charge is 0.238 e. The zero-order valence-corrected chi connectivity index (χ0v) is 16.3. The van der Waals surface area contributed by atoms with Gasteiger partial charge in [0.1, 0.15) is 5.82 Å². The number of aryl methyl sites for hydroxylation is 1. The van der Waals surface area contributed by atoms with E-state index in [0.29, 0.717) is 24.8 Å². The highest BCUT2D eigenvalue weighted by Gasteiger charge is 2.54. The fourth-order valence-electron chi connectivity index (χ4n) is 3.29. The molecule has 3 rings (SSSR count). The Balaban J connectivity index is 1.95. The highest BCUT2D eigenvalue weighted by molar-refractivity contribution is 7.94. The lowest BCUT2D eigenvalue weighted by atomic mass is 10.0. The molecule has 0 unspecified atom stereocenters. The average Bonchev–Trinajstić information content (AvgIpc) is 3.43. The lowest BCUT2D eigenvalue weighted by Crippen LogP contribution is -2.30. The van der Waals surface area contributed by atoms with Gasteiger partial charge in [-0.3, -0.25) is 4.72 Å². The van der Waals surface area contributed by atoms with Crippen molar-refractivity contribution in [2.24, 2.45) is 0 Å². The molecule has 2 aromatic rings. The number of sulfonamides is 1. The van der Waals surface area contributed by atoms with Gasteiger partial charge in [0.25, 0.3) is 0 Å². The van der Waals surface area contributed by atoms with E-state index in [0.717, 1.165) is 12.1 Å². The van der Waals surface area contributed by atoms with Crippen LogP contribution < -0.4 is 4.72 Å². The Labute approximate surface area is 162 Å². The molecule has 1 saturated carbocycles. The first-order chi connectivity index (χ1) is 13.2. The van der Waals surface area contributed by atoms with Crippen LogP contribution in [0.4, 0.5) is 18.9 Å². The predicted molar refractivity (Wildman–Crippen MR) is 101 cm³/mol. The average molecular weight is 413 g/mol. The Morgan fingerprint density at radius 3 is 2.43 bits per heavy atom. The SMILES string of the molecule is Cc1ccc(Cc2c(NS(=O)(=O)C3(CCCO)CC3)ccc(F)c2F)c(F)c1. The van der Waals surface area contributed by atoms with Gasteiger partial charge in [-0.05, 0) is 61.9 Å². The number of halogens is 3. The molecule has 2 N–H and O–H groups in total. The molecule has 28 heavy (non-hydrogen) atoms. The topological polar surface area (TPSA) is 66.4 Å². The molecule has 0 amide bonds. The van der Waals surface area contributed by atoms with E-state index in [1.807, 2.05) is 0 Å². The summed E-state index contributed by atoms with van der Waals surface area (Å²) >= 11 is 0. The van der Waals surface area contributed by atoms with Crippen LogP contribution in [0.1, 0.15) is 42.4 Å². The van der Waals surface area contributed by atoms with E-state index in [1.165, 1.54) is 12.1 Å². The molecule has 0 aliphatic heterocycles. The van der Waals surface area contributed by atoms with Crippen molar-refractivity contribution < 1.29 is 26.7 Å². The molecule has 0 heterocycles. The van der Waals surface area contributed by atoms with Crippen molar-refractivity contribution in [3.05, 3.63) is 64.5 Å². The molecular formula is C20H22F3NO3S. The summed E-state index contributed by atoms with van der Waals surface area (Å²) in [5, 5.41) is 8.99. The summed E-state index contributed by atoms with van der Waals surface area (Å²) in [4.78, 5) is 0. The van der Waals surface area contributed by atoms with Crippen LogP contribution >= 0.6 is 0 Å². The zero-order chi connectivity index (χ0) is 20.5. The molecular weight excluding hydrogens is 391 g/mol. The van der Waals surface area contributed by atoms with Gasteiger partial charge in [-0.25, -0.2) is 21.6 Å². The van der Waals surface area contributed by atoms with E-state index in [2.05, 4.69) is 4.72 Å². The Morgan fingerprint density at radius 2 is 1.82 bits per heavy atom. The first-order valence-electron chi connectivity index (χ1n) is 9.04. The van der Waals surface area contributed by atoms with Crippen LogP contribution in [0.15, 0.2) is 30.3 Å². The fourth-order valence-corrected chi connectivity index (χ4v) is 5.04. The van der Waals surface area contributed by atoms with E-state index < -0.39 is 32.2 Å². The summed E-state index contributed by atoms with van der Waals surface area (Å²) in [6.45, 7) is 1.58. The van der Waals surface area contributed by atoms with Crippen LogP contribution in [0.2, 0.25) is 0 Å². The third-order valence-corrected chi connectivity index (χ3v) is 7.43. The molecule has 0 atom stereocenters. The van der Waals surface area contributed by atoms with Crippen LogP contribution in [0, 0.1) is 24.4 Å². The predicted octanol–water partition coefficient (Wildman–Crippen LogP) is 4.05. The Hall–Kier alpha value is -2.06. The van der Waals surface area contributed by atoms with Gasteiger partial charge in [0, 0.05) is 18.6 Å². The molecule has 0 radical (unpaired) electrons. The number of benzene rings is 2. The normalized spacial score (nSPS) is 15.5. The minimum absolute atomic E-state index is 0.103. The van der Waals surface area contributed by atoms with Gasteiger partial charge < -0.3 is 5.11 Å². The van der Waals surface area contributed by atoms with Crippen molar-refractivity contribution in [3.8, 4) is 0 Å². The van der Waals surface area contributed by atoms with Crippen molar-refractivity contribution >= 4 is 15.7 Å². The van der Waals surface area contributed by atoms with Gasteiger partial charge in [0.05, 0.1) is 10.4 Å². The standard InChI is InChI=1S/C20H22F3NO3S/c1-13-3-4-14(17(22)11-13)12-15-18(6-5-16(21)19(15)23)24-28(26,27)20(8-9-20)7-2-10-25/h3-6,11,24-25H,2,7-10,12H2,1H3. The zero-order valence-electron chi connectivity index (χ0n) is 15.4. The molecule has 152 valence electrons. The van der Waals surface area contributed by atoms with Crippen molar-refractivity contribution in [2.75, 3.05) is 11.3 Å². The Bertz CT molecular complexity index is 988. The van der Waals surface area contributed by atoms with Gasteiger partial charge in [-0.15, -0.1) is 0 Å². The lowest BCUT2D eigenvalue weighted by molar-refractivity contribution is 0.282. The van der Waals surface area contributed by atoms with Crippen LogP contribution in [0.25, 0.3) is 0 Å². The third-order valence-electron chi connectivity index (χ3n) is 5.18. The second-order valence-electron chi connectivity index (χ2n) is 7.27. The maximum Gasteiger partial charge on any atom is 0.238 e. The van der Waals surface area contributed by atoms with E-state index >= 15 is 0 Å². The van der Waals surface area contributed by atoms with E-state index in [9.17, 15) is 21.6 Å². The van der Waals surface area contributed by atoms with Crippen molar-refractivity contribution in [2.45, 2.75) is 43.8 Å². The molecule has 1 aliphatic carbocycles. The summed E-state index contributed by atoms with van der Waals surface area (Å²) < 4.78 is 69.5. The maximum atomic E-state index is 14.5.